The lowest BCUT2D eigenvalue weighted by molar-refractivity contribution is 0.0994. The first-order valence-electron chi connectivity index (χ1n) is 7.92. The van der Waals surface area contributed by atoms with E-state index in [1.54, 1.807) is 0 Å². The van der Waals surface area contributed by atoms with E-state index in [-0.39, 0.29) is 0 Å². The molecule has 3 aliphatic rings. The molecule has 0 amide bonds. The van der Waals surface area contributed by atoms with Crippen molar-refractivity contribution in [2.45, 2.75) is 57.1 Å². The topological polar surface area (TPSA) is 38.5 Å². The predicted octanol–water partition coefficient (Wildman–Crippen LogP) is 2.00. The van der Waals surface area contributed by atoms with Gasteiger partial charge >= 0.3 is 0 Å². The zero-order valence-electron chi connectivity index (χ0n) is 11.5. The van der Waals surface area contributed by atoms with Crippen LogP contribution >= 0.6 is 0 Å². The fourth-order valence-electron chi connectivity index (χ4n) is 4.21. The van der Waals surface area contributed by atoms with Gasteiger partial charge < -0.3 is 15.4 Å². The minimum absolute atomic E-state index is 0.479. The van der Waals surface area contributed by atoms with Crippen molar-refractivity contribution in [3.63, 3.8) is 0 Å². The fourth-order valence-corrected chi connectivity index (χ4v) is 4.21. The summed E-state index contributed by atoms with van der Waals surface area (Å²) >= 11 is 0. The van der Waals surface area contributed by atoms with Gasteiger partial charge in [-0.1, -0.05) is 6.42 Å². The number of nitrogens with zero attached hydrogens (tertiary/aromatic N) is 1. The summed E-state index contributed by atoms with van der Waals surface area (Å²) in [6.07, 6.45) is 9.72. The third kappa shape index (κ3) is 2.89. The summed E-state index contributed by atoms with van der Waals surface area (Å²) in [7, 11) is 0. The minimum Gasteiger partial charge on any atom is -0.378 e. The van der Waals surface area contributed by atoms with E-state index < -0.39 is 0 Å². The molecule has 3 heteroatoms. The van der Waals surface area contributed by atoms with E-state index in [4.69, 9.17) is 10.5 Å². The van der Waals surface area contributed by atoms with Crippen LogP contribution in [0.15, 0.2) is 0 Å². The Morgan fingerprint density at radius 2 is 2.06 bits per heavy atom. The van der Waals surface area contributed by atoms with E-state index in [1.165, 1.54) is 64.6 Å². The zero-order chi connectivity index (χ0) is 12.4. The summed E-state index contributed by atoms with van der Waals surface area (Å²) < 4.78 is 5.69. The van der Waals surface area contributed by atoms with Crippen LogP contribution in [0.3, 0.4) is 0 Å². The maximum Gasteiger partial charge on any atom is 0.0576 e. The van der Waals surface area contributed by atoms with Crippen LogP contribution in [-0.2, 0) is 4.74 Å². The van der Waals surface area contributed by atoms with Crippen LogP contribution in [0, 0.1) is 11.8 Å². The Morgan fingerprint density at radius 1 is 1.11 bits per heavy atom. The summed E-state index contributed by atoms with van der Waals surface area (Å²) in [5, 5.41) is 0. The molecule has 0 aromatic heterocycles. The number of rotatable bonds is 4. The van der Waals surface area contributed by atoms with Gasteiger partial charge in [0.25, 0.3) is 0 Å². The molecule has 1 aliphatic carbocycles. The van der Waals surface area contributed by atoms with E-state index in [9.17, 15) is 0 Å². The number of ether oxygens (including phenoxy) is 1. The van der Waals surface area contributed by atoms with Crippen molar-refractivity contribution in [3.8, 4) is 0 Å². The largest absolute Gasteiger partial charge is 0.378 e. The van der Waals surface area contributed by atoms with E-state index in [1.807, 2.05) is 0 Å². The average molecular weight is 252 g/mol. The summed E-state index contributed by atoms with van der Waals surface area (Å²) in [5.41, 5.74) is 6.26. The second-order valence-electron chi connectivity index (χ2n) is 6.56. The van der Waals surface area contributed by atoms with Crippen LogP contribution in [0.2, 0.25) is 0 Å². The van der Waals surface area contributed by atoms with Crippen LogP contribution in [0.1, 0.15) is 44.9 Å². The molecule has 0 spiro atoms. The number of fused-ring (bicyclic) bond motifs is 1. The van der Waals surface area contributed by atoms with Crippen LogP contribution < -0.4 is 5.73 Å². The van der Waals surface area contributed by atoms with Gasteiger partial charge in [-0.05, 0) is 56.9 Å². The molecule has 2 saturated heterocycles. The molecule has 4 atom stereocenters. The van der Waals surface area contributed by atoms with Gasteiger partial charge in [-0.3, -0.25) is 0 Å². The quantitative estimate of drug-likeness (QED) is 0.832. The highest BCUT2D eigenvalue weighted by atomic mass is 16.5. The highest BCUT2D eigenvalue weighted by Crippen LogP contribution is 2.35. The van der Waals surface area contributed by atoms with Crippen LogP contribution in [0.25, 0.3) is 0 Å². The Hall–Kier alpha value is -0.120. The summed E-state index contributed by atoms with van der Waals surface area (Å²) in [5.74, 6) is 1.69. The van der Waals surface area contributed by atoms with Crippen molar-refractivity contribution < 1.29 is 4.74 Å². The van der Waals surface area contributed by atoms with Crippen LogP contribution in [-0.4, -0.2) is 43.3 Å². The molecular formula is C15H28N2O. The number of hydrogen-bond donors (Lipinski definition) is 1. The molecule has 4 unspecified atom stereocenters. The zero-order valence-corrected chi connectivity index (χ0v) is 11.5. The van der Waals surface area contributed by atoms with Gasteiger partial charge in [-0.2, -0.15) is 0 Å². The molecule has 3 rings (SSSR count). The monoisotopic (exact) mass is 252 g/mol. The molecular weight excluding hydrogens is 224 g/mol. The van der Waals surface area contributed by atoms with Crippen molar-refractivity contribution in [2.75, 3.05) is 26.2 Å². The van der Waals surface area contributed by atoms with Crippen LogP contribution in [0.4, 0.5) is 0 Å². The van der Waals surface area contributed by atoms with Gasteiger partial charge in [0.15, 0.2) is 0 Å². The molecule has 2 heterocycles. The van der Waals surface area contributed by atoms with E-state index in [0.29, 0.717) is 12.1 Å². The Kier molecular flexibility index (Phi) is 4.22. The molecule has 104 valence electrons. The van der Waals surface area contributed by atoms with Gasteiger partial charge in [0.05, 0.1) is 6.10 Å². The van der Waals surface area contributed by atoms with E-state index >= 15 is 0 Å². The lowest BCUT2D eigenvalue weighted by atomic mass is 9.78. The predicted molar refractivity (Wildman–Crippen MR) is 73.5 cm³/mol. The first kappa shape index (κ1) is 12.9. The molecule has 2 N–H and O–H groups in total. The molecule has 18 heavy (non-hydrogen) atoms. The molecule has 2 aliphatic heterocycles. The van der Waals surface area contributed by atoms with Gasteiger partial charge in [-0.15, -0.1) is 0 Å². The Morgan fingerprint density at radius 3 is 2.83 bits per heavy atom. The number of nitrogens with two attached hydrogens (primary N) is 1. The maximum atomic E-state index is 6.26. The molecule has 0 aromatic carbocycles. The smallest absolute Gasteiger partial charge is 0.0576 e. The first-order chi connectivity index (χ1) is 8.83. The standard InChI is InChI=1S/C15H28N2O/c16-15-7-1-4-12-10-17(11-14(12)15)8-2-5-13-6-3-9-18-13/h12-15H,1-11,16H2. The maximum absolute atomic E-state index is 6.26. The summed E-state index contributed by atoms with van der Waals surface area (Å²) in [6.45, 7) is 4.83. The van der Waals surface area contributed by atoms with Crippen molar-refractivity contribution in [1.29, 1.82) is 0 Å². The summed E-state index contributed by atoms with van der Waals surface area (Å²) in [6, 6.07) is 0.479. The Labute approximate surface area is 111 Å². The first-order valence-corrected chi connectivity index (χ1v) is 7.92. The SMILES string of the molecule is NC1CCCC2CN(CCCC3CCCO3)CC12. The lowest BCUT2D eigenvalue weighted by Gasteiger charge is -2.29. The third-order valence-electron chi connectivity index (χ3n) is 5.25. The highest BCUT2D eigenvalue weighted by Gasteiger charge is 2.38. The van der Waals surface area contributed by atoms with Gasteiger partial charge in [-0.25, -0.2) is 0 Å². The number of hydrogen-bond acceptors (Lipinski definition) is 3. The lowest BCUT2D eigenvalue weighted by Crippen LogP contribution is -2.38. The summed E-state index contributed by atoms with van der Waals surface area (Å²) in [4.78, 5) is 2.66. The molecule has 0 bridgehead atoms. The van der Waals surface area contributed by atoms with Crippen LogP contribution in [0.5, 0.6) is 0 Å². The molecule has 0 aromatic rings. The fraction of sp³-hybridized carbons (Fsp3) is 1.00. The van der Waals surface area contributed by atoms with E-state index in [0.717, 1.165) is 18.4 Å². The second kappa shape index (κ2) is 5.89. The average Bonchev–Trinajstić information content (AvgIpc) is 2.98. The number of likely N-dealkylation sites (tertiary alicyclic amines) is 1. The Bertz CT molecular complexity index is 265. The minimum atomic E-state index is 0.479. The third-order valence-corrected chi connectivity index (χ3v) is 5.25. The highest BCUT2D eigenvalue weighted by molar-refractivity contribution is 4.93. The van der Waals surface area contributed by atoms with E-state index in [2.05, 4.69) is 4.90 Å². The van der Waals surface area contributed by atoms with Gasteiger partial charge in [0.1, 0.15) is 0 Å². The molecule has 0 radical (unpaired) electrons. The molecule has 1 saturated carbocycles. The van der Waals surface area contributed by atoms with Crippen molar-refractivity contribution in [3.05, 3.63) is 0 Å². The van der Waals surface area contributed by atoms with Crippen molar-refractivity contribution in [2.24, 2.45) is 17.6 Å². The van der Waals surface area contributed by atoms with Crippen molar-refractivity contribution >= 4 is 0 Å². The molecule has 3 fully saturated rings. The van der Waals surface area contributed by atoms with Crippen molar-refractivity contribution in [1.82, 2.24) is 4.90 Å². The molecule has 3 nitrogen and oxygen atoms in total. The van der Waals surface area contributed by atoms with Gasteiger partial charge in [0.2, 0.25) is 0 Å². The Balaban J connectivity index is 1.39. The van der Waals surface area contributed by atoms with Gasteiger partial charge in [0, 0.05) is 25.7 Å². The normalized spacial score (nSPS) is 41.2. The second-order valence-corrected chi connectivity index (χ2v) is 6.56.